The average molecular weight is 347 g/mol. The smallest absolute Gasteiger partial charge is 0.277 e. The topological polar surface area (TPSA) is 83.0 Å². The highest BCUT2D eigenvalue weighted by Gasteiger charge is 2.29. The van der Waals surface area contributed by atoms with Crippen LogP contribution in [0.5, 0.6) is 0 Å². The van der Waals surface area contributed by atoms with Gasteiger partial charge in [-0.3, -0.25) is 14.4 Å². The molecule has 7 nitrogen and oxygen atoms in total. The lowest BCUT2D eigenvalue weighted by atomic mass is 9.95. The van der Waals surface area contributed by atoms with Crippen LogP contribution in [0.4, 0.5) is 5.69 Å². The third-order valence-electron chi connectivity index (χ3n) is 4.59. The van der Waals surface area contributed by atoms with Crippen LogP contribution in [0.2, 0.25) is 0 Å². The van der Waals surface area contributed by atoms with Crippen molar-refractivity contribution in [3.8, 4) is 0 Å². The van der Waals surface area contributed by atoms with Gasteiger partial charge in [-0.15, -0.1) is 0 Å². The fourth-order valence-corrected chi connectivity index (χ4v) is 2.96. The van der Waals surface area contributed by atoms with Crippen molar-refractivity contribution in [2.24, 2.45) is 5.92 Å². The van der Waals surface area contributed by atoms with E-state index in [1.54, 1.807) is 14.1 Å². The Morgan fingerprint density at radius 1 is 1.16 bits per heavy atom. The third-order valence-corrected chi connectivity index (χ3v) is 4.59. The van der Waals surface area contributed by atoms with Crippen LogP contribution in [0.1, 0.15) is 12.8 Å². The van der Waals surface area contributed by atoms with Crippen LogP contribution in [0.25, 0.3) is 0 Å². The van der Waals surface area contributed by atoms with Gasteiger partial charge < -0.3 is 20.4 Å². The minimum atomic E-state index is -0.179. The predicted molar refractivity (Wildman–Crippen MR) is 95.1 cm³/mol. The van der Waals surface area contributed by atoms with Crippen molar-refractivity contribution in [1.82, 2.24) is 10.2 Å². The Morgan fingerprint density at radius 3 is 2.40 bits per heavy atom. The Balaban J connectivity index is 1.74. The van der Waals surface area contributed by atoms with Gasteiger partial charge in [-0.05, 0) is 12.1 Å². The number of nitrogens with zero attached hydrogens (tertiary/aromatic N) is 1. The van der Waals surface area contributed by atoms with E-state index in [-0.39, 0.29) is 30.2 Å². The Morgan fingerprint density at radius 2 is 1.80 bits per heavy atom. The van der Waals surface area contributed by atoms with Crippen LogP contribution in [0.15, 0.2) is 30.3 Å². The molecule has 0 atom stereocenters. The van der Waals surface area contributed by atoms with E-state index in [0.717, 1.165) is 36.5 Å². The van der Waals surface area contributed by atoms with Gasteiger partial charge in [-0.25, -0.2) is 0 Å². The zero-order valence-corrected chi connectivity index (χ0v) is 14.9. The molecule has 0 aromatic heterocycles. The largest absolute Gasteiger partial charge is 0.358 e. The monoisotopic (exact) mass is 347 g/mol. The number of para-hydroxylation sites is 1. The highest BCUT2D eigenvalue weighted by atomic mass is 16.2. The molecule has 2 rings (SSSR count). The molecule has 0 spiro atoms. The first kappa shape index (κ1) is 18.9. The van der Waals surface area contributed by atoms with Gasteiger partial charge in [0.1, 0.15) is 0 Å². The van der Waals surface area contributed by atoms with E-state index in [0.29, 0.717) is 6.54 Å². The molecule has 0 unspecified atom stereocenters. The molecule has 1 aromatic carbocycles. The second-order valence-electron chi connectivity index (χ2n) is 6.48. The standard InChI is InChI=1S/C18H26N4O3/c1-19-16(23)12-21(2)17(24)13-22-10-8-14(9-11-22)18(25)20-15-6-4-3-5-7-15/h3-7,14H,8-13H2,1-2H3,(H,19,23)(H,20,25)/p+1. The van der Waals surface area contributed by atoms with E-state index in [9.17, 15) is 14.4 Å². The maximum absolute atomic E-state index is 12.3. The molecule has 1 aromatic rings. The molecular weight excluding hydrogens is 320 g/mol. The van der Waals surface area contributed by atoms with Crippen molar-refractivity contribution in [1.29, 1.82) is 0 Å². The fourth-order valence-electron chi connectivity index (χ4n) is 2.96. The molecule has 1 aliphatic heterocycles. The number of benzene rings is 1. The minimum absolute atomic E-state index is 0.0114. The van der Waals surface area contributed by atoms with Gasteiger partial charge in [0.15, 0.2) is 6.54 Å². The predicted octanol–water partition coefficient (Wildman–Crippen LogP) is -0.876. The van der Waals surface area contributed by atoms with Crippen LogP contribution >= 0.6 is 0 Å². The summed E-state index contributed by atoms with van der Waals surface area (Å²) < 4.78 is 0. The SMILES string of the molecule is CNC(=O)CN(C)C(=O)C[NH+]1CCC(C(=O)Nc2ccccc2)CC1. The number of carbonyl (C=O) groups is 3. The van der Waals surface area contributed by atoms with Gasteiger partial charge in [0.2, 0.25) is 11.8 Å². The summed E-state index contributed by atoms with van der Waals surface area (Å²) in [7, 11) is 3.19. The zero-order chi connectivity index (χ0) is 18.2. The molecule has 0 radical (unpaired) electrons. The van der Waals surface area contributed by atoms with Gasteiger partial charge in [0.05, 0.1) is 19.6 Å². The maximum Gasteiger partial charge on any atom is 0.277 e. The van der Waals surface area contributed by atoms with Crippen molar-refractivity contribution in [2.45, 2.75) is 12.8 Å². The lowest BCUT2D eigenvalue weighted by Crippen LogP contribution is -3.14. The summed E-state index contributed by atoms with van der Waals surface area (Å²) in [6.45, 7) is 2.00. The van der Waals surface area contributed by atoms with Crippen LogP contribution in [-0.2, 0) is 14.4 Å². The number of carbonyl (C=O) groups excluding carboxylic acids is 3. The number of rotatable bonds is 6. The van der Waals surface area contributed by atoms with E-state index in [1.807, 2.05) is 30.3 Å². The first-order valence-corrected chi connectivity index (χ1v) is 8.63. The molecule has 0 bridgehead atoms. The van der Waals surface area contributed by atoms with Crippen molar-refractivity contribution in [3.63, 3.8) is 0 Å². The molecular formula is C18H27N4O3+. The number of likely N-dealkylation sites (N-methyl/N-ethyl adjacent to an activating group) is 2. The molecule has 0 saturated carbocycles. The highest BCUT2D eigenvalue weighted by molar-refractivity contribution is 5.92. The summed E-state index contributed by atoms with van der Waals surface area (Å²) in [5.74, 6) is -0.191. The third kappa shape index (κ3) is 5.86. The van der Waals surface area contributed by atoms with Crippen LogP contribution < -0.4 is 15.5 Å². The zero-order valence-electron chi connectivity index (χ0n) is 14.9. The summed E-state index contributed by atoms with van der Waals surface area (Å²) in [5.41, 5.74) is 0.813. The van der Waals surface area contributed by atoms with Gasteiger partial charge in [-0.2, -0.15) is 0 Å². The quantitative estimate of drug-likeness (QED) is 0.625. The molecule has 1 saturated heterocycles. The molecule has 7 heteroatoms. The molecule has 1 aliphatic rings. The van der Waals surface area contributed by atoms with Crippen LogP contribution in [0, 0.1) is 5.92 Å². The van der Waals surface area contributed by atoms with E-state index >= 15 is 0 Å². The van der Waals surface area contributed by atoms with Crippen LogP contribution in [-0.4, -0.2) is 62.9 Å². The Bertz CT molecular complexity index is 598. The Kier molecular flexibility index (Phi) is 6.94. The summed E-state index contributed by atoms with van der Waals surface area (Å²) in [4.78, 5) is 38.4. The molecule has 1 heterocycles. The van der Waals surface area contributed by atoms with E-state index < -0.39 is 0 Å². The first-order chi connectivity index (χ1) is 12.0. The summed E-state index contributed by atoms with van der Waals surface area (Å²) in [6, 6.07) is 9.45. The number of anilines is 1. The average Bonchev–Trinajstić information content (AvgIpc) is 2.62. The summed E-state index contributed by atoms with van der Waals surface area (Å²) in [5, 5.41) is 5.45. The van der Waals surface area contributed by atoms with Gasteiger partial charge in [0, 0.05) is 38.5 Å². The number of nitrogens with one attached hydrogen (secondary N) is 3. The lowest BCUT2D eigenvalue weighted by Gasteiger charge is -2.29. The van der Waals surface area contributed by atoms with Crippen LogP contribution in [0.3, 0.4) is 0 Å². The summed E-state index contributed by atoms with van der Waals surface area (Å²) in [6.07, 6.45) is 1.53. The molecule has 3 N–H and O–H groups in total. The van der Waals surface area contributed by atoms with Crippen molar-refractivity contribution in [3.05, 3.63) is 30.3 Å². The minimum Gasteiger partial charge on any atom is -0.358 e. The van der Waals surface area contributed by atoms with Gasteiger partial charge in [0.25, 0.3) is 5.91 Å². The second kappa shape index (κ2) is 9.17. The van der Waals surface area contributed by atoms with Gasteiger partial charge >= 0.3 is 0 Å². The second-order valence-corrected chi connectivity index (χ2v) is 6.48. The maximum atomic E-state index is 12.3. The number of piperidine rings is 1. The Hall–Kier alpha value is -2.41. The highest BCUT2D eigenvalue weighted by Crippen LogP contribution is 2.14. The molecule has 136 valence electrons. The molecule has 0 aliphatic carbocycles. The number of hydrogen-bond donors (Lipinski definition) is 3. The summed E-state index contributed by atoms with van der Waals surface area (Å²) >= 11 is 0. The first-order valence-electron chi connectivity index (χ1n) is 8.63. The molecule has 25 heavy (non-hydrogen) atoms. The van der Waals surface area contributed by atoms with E-state index in [1.165, 1.54) is 4.90 Å². The molecule has 3 amide bonds. The molecule has 1 fully saturated rings. The normalized spacial score (nSPS) is 19.8. The van der Waals surface area contributed by atoms with Crippen molar-refractivity contribution >= 4 is 23.4 Å². The number of amides is 3. The Labute approximate surface area is 148 Å². The van der Waals surface area contributed by atoms with E-state index in [2.05, 4.69) is 10.6 Å². The lowest BCUT2D eigenvalue weighted by molar-refractivity contribution is -0.898. The van der Waals surface area contributed by atoms with Gasteiger partial charge in [-0.1, -0.05) is 18.2 Å². The number of quaternary nitrogens is 1. The fraction of sp³-hybridized carbons (Fsp3) is 0.500. The number of likely N-dealkylation sites (tertiary alicyclic amines) is 1. The van der Waals surface area contributed by atoms with E-state index in [4.69, 9.17) is 0 Å². The van der Waals surface area contributed by atoms with Crippen molar-refractivity contribution < 1.29 is 19.3 Å². The number of hydrogen-bond acceptors (Lipinski definition) is 3. The van der Waals surface area contributed by atoms with Crippen molar-refractivity contribution in [2.75, 3.05) is 45.6 Å².